The van der Waals surface area contributed by atoms with Gasteiger partial charge in [-0.3, -0.25) is 18.9 Å². The molecule has 1 amide bonds. The molecule has 0 saturated carbocycles. The minimum atomic E-state index is -0.348. The molecule has 10 heteroatoms. The van der Waals surface area contributed by atoms with E-state index in [0.29, 0.717) is 40.4 Å². The molecule has 0 radical (unpaired) electrons. The number of rotatable bonds is 9. The lowest BCUT2D eigenvalue weighted by Crippen LogP contribution is -2.27. The van der Waals surface area contributed by atoms with Gasteiger partial charge < -0.3 is 10.1 Å². The van der Waals surface area contributed by atoms with Crippen molar-refractivity contribution < 1.29 is 13.9 Å². The summed E-state index contributed by atoms with van der Waals surface area (Å²) in [5.74, 6) is -0.254. The van der Waals surface area contributed by atoms with Gasteiger partial charge in [-0.1, -0.05) is 42.2 Å². The Balaban J connectivity index is 1.64. The van der Waals surface area contributed by atoms with E-state index in [4.69, 9.17) is 17.0 Å². The van der Waals surface area contributed by atoms with Gasteiger partial charge in [-0.05, 0) is 49.2 Å². The van der Waals surface area contributed by atoms with E-state index < -0.39 is 0 Å². The van der Waals surface area contributed by atoms with Gasteiger partial charge in [0.2, 0.25) is 0 Å². The summed E-state index contributed by atoms with van der Waals surface area (Å²) in [4.78, 5) is 32.8. The average molecular weight is 499 g/mol. The van der Waals surface area contributed by atoms with Crippen LogP contribution in [0, 0.1) is 5.82 Å². The number of fused-ring (bicyclic) bond motifs is 1. The smallest absolute Gasteiger partial charge is 0.267 e. The Morgan fingerprint density at radius 1 is 1.21 bits per heavy atom. The van der Waals surface area contributed by atoms with Gasteiger partial charge in [-0.25, -0.2) is 9.37 Å². The van der Waals surface area contributed by atoms with Crippen molar-refractivity contribution >= 4 is 51.7 Å². The van der Waals surface area contributed by atoms with Gasteiger partial charge in [0, 0.05) is 26.0 Å². The summed E-state index contributed by atoms with van der Waals surface area (Å²) in [5, 5.41) is 3.21. The summed E-state index contributed by atoms with van der Waals surface area (Å²) >= 11 is 6.54. The van der Waals surface area contributed by atoms with Crippen LogP contribution in [0.25, 0.3) is 11.7 Å². The van der Waals surface area contributed by atoms with Gasteiger partial charge >= 0.3 is 0 Å². The molecule has 1 aliphatic heterocycles. The van der Waals surface area contributed by atoms with Crippen molar-refractivity contribution in [2.24, 2.45) is 0 Å². The fourth-order valence-electron chi connectivity index (χ4n) is 3.43. The number of amides is 1. The van der Waals surface area contributed by atoms with Crippen molar-refractivity contribution in [3.05, 3.63) is 80.9 Å². The van der Waals surface area contributed by atoms with E-state index in [0.717, 1.165) is 23.7 Å². The Bertz CT molecular complexity index is 1310. The summed E-state index contributed by atoms with van der Waals surface area (Å²) in [5.41, 5.74) is 1.24. The van der Waals surface area contributed by atoms with Crippen molar-refractivity contribution in [2.45, 2.75) is 19.9 Å². The highest BCUT2D eigenvalue weighted by Gasteiger charge is 2.32. The average Bonchev–Trinajstić information content (AvgIpc) is 3.10. The van der Waals surface area contributed by atoms with Crippen molar-refractivity contribution in [1.29, 1.82) is 0 Å². The zero-order chi connectivity index (χ0) is 24.1. The van der Waals surface area contributed by atoms with Crippen LogP contribution in [-0.4, -0.2) is 44.3 Å². The summed E-state index contributed by atoms with van der Waals surface area (Å²) in [6, 6.07) is 11.2. The maximum absolute atomic E-state index is 13.3. The predicted molar refractivity (Wildman–Crippen MR) is 136 cm³/mol. The van der Waals surface area contributed by atoms with Crippen LogP contribution < -0.4 is 10.9 Å². The maximum Gasteiger partial charge on any atom is 0.267 e. The summed E-state index contributed by atoms with van der Waals surface area (Å²) in [7, 11) is 0. The molecule has 1 aliphatic rings. The maximum atomic E-state index is 13.3. The molecule has 34 heavy (non-hydrogen) atoms. The van der Waals surface area contributed by atoms with E-state index in [9.17, 15) is 14.0 Å². The highest BCUT2D eigenvalue weighted by Crippen LogP contribution is 2.34. The van der Waals surface area contributed by atoms with E-state index in [1.54, 1.807) is 42.6 Å². The second kappa shape index (κ2) is 10.9. The molecular formula is C24H23FN4O3S2. The number of anilines is 1. The van der Waals surface area contributed by atoms with Gasteiger partial charge in [0.25, 0.3) is 11.5 Å². The molecule has 2 aromatic heterocycles. The molecule has 1 aromatic carbocycles. The van der Waals surface area contributed by atoms with Crippen molar-refractivity contribution in [3.8, 4) is 0 Å². The highest BCUT2D eigenvalue weighted by atomic mass is 32.2. The van der Waals surface area contributed by atoms with E-state index in [-0.39, 0.29) is 29.4 Å². The number of halogens is 1. The summed E-state index contributed by atoms with van der Waals surface area (Å²) < 4.78 is 20.4. The molecular weight excluding hydrogens is 475 g/mol. The zero-order valence-corrected chi connectivity index (χ0v) is 20.1. The summed E-state index contributed by atoms with van der Waals surface area (Å²) in [6.45, 7) is 3.94. The van der Waals surface area contributed by atoms with E-state index in [2.05, 4.69) is 10.3 Å². The number of hydrogen-bond donors (Lipinski definition) is 1. The molecule has 1 N–H and O–H groups in total. The second-order valence-electron chi connectivity index (χ2n) is 7.48. The quantitative estimate of drug-likeness (QED) is 0.271. The highest BCUT2D eigenvalue weighted by molar-refractivity contribution is 8.26. The monoisotopic (exact) mass is 498 g/mol. The largest absolute Gasteiger partial charge is 0.382 e. The molecule has 176 valence electrons. The number of aromatic nitrogens is 2. The van der Waals surface area contributed by atoms with Crippen LogP contribution in [0.5, 0.6) is 0 Å². The van der Waals surface area contributed by atoms with E-state index in [1.165, 1.54) is 21.4 Å². The molecule has 1 fully saturated rings. The Labute approximate surface area is 205 Å². The Morgan fingerprint density at radius 3 is 2.76 bits per heavy atom. The number of thiocarbonyl (C=S) groups is 1. The first-order valence-corrected chi connectivity index (χ1v) is 12.0. The van der Waals surface area contributed by atoms with Gasteiger partial charge in [0.05, 0.1) is 17.0 Å². The minimum absolute atomic E-state index is 0.222. The van der Waals surface area contributed by atoms with Crippen LogP contribution >= 0.6 is 24.0 Å². The summed E-state index contributed by atoms with van der Waals surface area (Å²) in [6.07, 6.45) is 3.92. The number of nitrogens with one attached hydrogen (secondary N) is 1. The molecule has 3 aromatic rings. The fraction of sp³-hybridized carbons (Fsp3) is 0.250. The number of carbonyl (C=O) groups is 1. The van der Waals surface area contributed by atoms with Crippen LogP contribution in [0.4, 0.5) is 10.2 Å². The molecule has 0 spiro atoms. The topological polar surface area (TPSA) is 75.9 Å². The van der Waals surface area contributed by atoms with Crippen molar-refractivity contribution in [2.75, 3.05) is 25.1 Å². The number of ether oxygens (including phenoxy) is 1. The molecule has 1 saturated heterocycles. The number of pyridine rings is 1. The Kier molecular flexibility index (Phi) is 7.71. The van der Waals surface area contributed by atoms with Crippen LogP contribution in [-0.2, 0) is 16.1 Å². The van der Waals surface area contributed by atoms with Gasteiger partial charge in [-0.15, -0.1) is 0 Å². The van der Waals surface area contributed by atoms with Crippen molar-refractivity contribution in [1.82, 2.24) is 14.3 Å². The molecule has 7 nitrogen and oxygen atoms in total. The predicted octanol–water partition coefficient (Wildman–Crippen LogP) is 4.07. The second-order valence-corrected chi connectivity index (χ2v) is 9.16. The molecule has 3 heterocycles. The lowest BCUT2D eigenvalue weighted by molar-refractivity contribution is -0.122. The first kappa shape index (κ1) is 24.1. The normalized spacial score (nSPS) is 15.0. The van der Waals surface area contributed by atoms with Crippen LogP contribution in [0.15, 0.2) is 58.4 Å². The van der Waals surface area contributed by atoms with Crippen molar-refractivity contribution in [3.63, 3.8) is 0 Å². The SMILES string of the molecule is CCOCCCNc1nc2ccccn2c(=O)c1C=C1SC(=S)N(Cc2ccc(F)cc2)C1=O. The van der Waals surface area contributed by atoms with E-state index in [1.807, 2.05) is 6.92 Å². The number of hydrogen-bond acceptors (Lipinski definition) is 7. The molecule has 0 atom stereocenters. The minimum Gasteiger partial charge on any atom is -0.382 e. The van der Waals surface area contributed by atoms with Gasteiger partial charge in [0.1, 0.15) is 21.6 Å². The zero-order valence-electron chi connectivity index (χ0n) is 18.5. The lowest BCUT2D eigenvalue weighted by atomic mass is 10.2. The third-order valence-electron chi connectivity index (χ3n) is 5.13. The molecule has 0 unspecified atom stereocenters. The Hall–Kier alpha value is -3.08. The lowest BCUT2D eigenvalue weighted by Gasteiger charge is -2.14. The fourth-order valence-corrected chi connectivity index (χ4v) is 4.67. The third kappa shape index (κ3) is 5.35. The standard InChI is InChI=1S/C24H23FN4O3S2/c1-2-32-13-5-11-26-21-18(22(30)28-12-4-3-6-20(28)27-21)14-19-23(31)29(24(33)34-19)15-16-7-9-17(25)10-8-16/h3-4,6-10,12,14,26H,2,5,11,13,15H2,1H3. The molecule has 4 rings (SSSR count). The third-order valence-corrected chi connectivity index (χ3v) is 6.51. The first-order chi connectivity index (χ1) is 16.5. The van der Waals surface area contributed by atoms with Gasteiger partial charge in [0.15, 0.2) is 0 Å². The van der Waals surface area contributed by atoms with Crippen LogP contribution in [0.3, 0.4) is 0 Å². The van der Waals surface area contributed by atoms with Crippen LogP contribution in [0.1, 0.15) is 24.5 Å². The number of thioether (sulfide) groups is 1. The van der Waals surface area contributed by atoms with E-state index >= 15 is 0 Å². The molecule has 0 bridgehead atoms. The number of benzene rings is 1. The molecule has 0 aliphatic carbocycles. The van der Waals surface area contributed by atoms with Crippen LogP contribution in [0.2, 0.25) is 0 Å². The number of nitrogens with zero attached hydrogens (tertiary/aromatic N) is 3. The van der Waals surface area contributed by atoms with Gasteiger partial charge in [-0.2, -0.15) is 0 Å². The Morgan fingerprint density at radius 2 is 2.00 bits per heavy atom. The number of carbonyl (C=O) groups excluding carboxylic acids is 1. The first-order valence-electron chi connectivity index (χ1n) is 10.8.